The van der Waals surface area contributed by atoms with Crippen LogP contribution in [0.5, 0.6) is 5.75 Å². The molecule has 1 aromatic carbocycles. The first-order chi connectivity index (χ1) is 9.46. The Labute approximate surface area is 127 Å². The minimum Gasteiger partial charge on any atom is -0.494 e. The monoisotopic (exact) mass is 299 g/mol. The maximum Gasteiger partial charge on any atom is 0.123 e. The van der Waals surface area contributed by atoms with Crippen molar-refractivity contribution >= 4 is 11.6 Å². The lowest BCUT2D eigenvalue weighted by Gasteiger charge is -2.24. The van der Waals surface area contributed by atoms with Crippen LogP contribution in [0.2, 0.25) is 5.02 Å². The molecule has 20 heavy (non-hydrogen) atoms. The van der Waals surface area contributed by atoms with Crippen LogP contribution in [-0.2, 0) is 0 Å². The first kappa shape index (κ1) is 17.3. The van der Waals surface area contributed by atoms with Crippen LogP contribution in [0.1, 0.15) is 49.3 Å². The van der Waals surface area contributed by atoms with Crippen molar-refractivity contribution in [2.45, 2.75) is 52.6 Å². The molecule has 0 saturated heterocycles. The highest BCUT2D eigenvalue weighted by atomic mass is 35.5. The maximum absolute atomic E-state index is 9.86. The van der Waals surface area contributed by atoms with Crippen molar-refractivity contribution in [2.24, 2.45) is 5.73 Å². The molecule has 0 aliphatic rings. The van der Waals surface area contributed by atoms with Crippen molar-refractivity contribution in [3.63, 3.8) is 0 Å². The third-order valence-electron chi connectivity index (χ3n) is 3.72. The first-order valence-electron chi connectivity index (χ1n) is 7.26. The van der Waals surface area contributed by atoms with Crippen molar-refractivity contribution < 1.29 is 9.84 Å². The Morgan fingerprint density at radius 2 is 2.00 bits per heavy atom. The SMILES string of the molecule is CCOc1cc(C)c(Cl)c(C)c1C(CC)CC(O)CN. The van der Waals surface area contributed by atoms with Crippen LogP contribution in [0, 0.1) is 13.8 Å². The van der Waals surface area contributed by atoms with Gasteiger partial charge in [0.25, 0.3) is 0 Å². The Hall–Kier alpha value is -0.770. The van der Waals surface area contributed by atoms with E-state index in [1.165, 1.54) is 0 Å². The highest BCUT2D eigenvalue weighted by molar-refractivity contribution is 6.32. The first-order valence-corrected chi connectivity index (χ1v) is 7.64. The van der Waals surface area contributed by atoms with E-state index in [1.807, 2.05) is 26.8 Å². The zero-order chi connectivity index (χ0) is 15.3. The minimum atomic E-state index is -0.492. The van der Waals surface area contributed by atoms with E-state index in [9.17, 15) is 5.11 Å². The molecule has 0 amide bonds. The van der Waals surface area contributed by atoms with E-state index in [-0.39, 0.29) is 12.5 Å². The molecule has 4 heteroatoms. The number of benzene rings is 1. The van der Waals surface area contributed by atoms with Crippen LogP contribution in [-0.4, -0.2) is 24.4 Å². The van der Waals surface area contributed by atoms with E-state index in [0.29, 0.717) is 13.0 Å². The van der Waals surface area contributed by atoms with Crippen LogP contribution in [0.15, 0.2) is 6.07 Å². The molecule has 2 unspecified atom stereocenters. The standard InChI is InChI=1S/C16H26ClNO2/c1-5-12(8-13(19)9-18)15-11(4)16(17)10(3)7-14(15)20-6-2/h7,12-13,19H,5-6,8-9,18H2,1-4H3. The maximum atomic E-state index is 9.86. The quantitative estimate of drug-likeness (QED) is 0.809. The number of aliphatic hydroxyl groups is 1. The third kappa shape index (κ3) is 3.87. The minimum absolute atomic E-state index is 0.202. The predicted molar refractivity (Wildman–Crippen MR) is 84.8 cm³/mol. The van der Waals surface area contributed by atoms with Crippen molar-refractivity contribution in [2.75, 3.05) is 13.2 Å². The number of aliphatic hydroxyl groups excluding tert-OH is 1. The summed E-state index contributed by atoms with van der Waals surface area (Å²) in [5.74, 6) is 1.08. The van der Waals surface area contributed by atoms with Crippen molar-refractivity contribution in [3.05, 3.63) is 27.8 Å². The second-order valence-corrected chi connectivity index (χ2v) is 5.59. The van der Waals surface area contributed by atoms with Gasteiger partial charge in [-0.3, -0.25) is 0 Å². The summed E-state index contributed by atoms with van der Waals surface area (Å²) in [6.07, 6.45) is 1.05. The zero-order valence-electron chi connectivity index (χ0n) is 12.9. The van der Waals surface area contributed by atoms with Crippen LogP contribution in [0.25, 0.3) is 0 Å². The van der Waals surface area contributed by atoms with E-state index < -0.39 is 6.10 Å². The van der Waals surface area contributed by atoms with Crippen molar-refractivity contribution in [1.29, 1.82) is 0 Å². The molecule has 0 saturated carbocycles. The van der Waals surface area contributed by atoms with Gasteiger partial charge in [0.05, 0.1) is 12.7 Å². The molecular weight excluding hydrogens is 274 g/mol. The Morgan fingerprint density at radius 1 is 1.35 bits per heavy atom. The van der Waals surface area contributed by atoms with Gasteiger partial charge in [-0.25, -0.2) is 0 Å². The molecule has 0 spiro atoms. The number of hydrogen-bond donors (Lipinski definition) is 2. The molecule has 114 valence electrons. The average molecular weight is 300 g/mol. The Kier molecular flexibility index (Phi) is 6.80. The highest BCUT2D eigenvalue weighted by Gasteiger charge is 2.22. The molecule has 1 aromatic rings. The summed E-state index contributed by atoms with van der Waals surface area (Å²) < 4.78 is 5.78. The Balaban J connectivity index is 3.27. The van der Waals surface area contributed by atoms with Crippen molar-refractivity contribution in [3.8, 4) is 5.75 Å². The van der Waals surface area contributed by atoms with Crippen LogP contribution in [0.4, 0.5) is 0 Å². The molecule has 0 radical (unpaired) electrons. The highest BCUT2D eigenvalue weighted by Crippen LogP contribution is 2.39. The smallest absolute Gasteiger partial charge is 0.123 e. The third-order valence-corrected chi connectivity index (χ3v) is 4.30. The van der Waals surface area contributed by atoms with Gasteiger partial charge in [-0.1, -0.05) is 18.5 Å². The number of hydrogen-bond acceptors (Lipinski definition) is 3. The van der Waals surface area contributed by atoms with E-state index in [0.717, 1.165) is 33.9 Å². The summed E-state index contributed by atoms with van der Waals surface area (Å²) in [5.41, 5.74) is 8.71. The lowest BCUT2D eigenvalue weighted by Crippen LogP contribution is -2.22. The zero-order valence-corrected chi connectivity index (χ0v) is 13.6. The number of rotatable bonds is 7. The number of ether oxygens (including phenoxy) is 1. The number of halogens is 1. The van der Waals surface area contributed by atoms with E-state index in [1.54, 1.807) is 0 Å². The largest absolute Gasteiger partial charge is 0.494 e. The Morgan fingerprint density at radius 3 is 2.50 bits per heavy atom. The molecule has 0 aliphatic heterocycles. The second kappa shape index (κ2) is 7.87. The van der Waals surface area contributed by atoms with Gasteiger partial charge >= 0.3 is 0 Å². The summed E-state index contributed by atoms with van der Waals surface area (Å²) in [4.78, 5) is 0. The van der Waals surface area contributed by atoms with Gasteiger partial charge in [0.1, 0.15) is 5.75 Å². The van der Waals surface area contributed by atoms with Crippen LogP contribution in [0.3, 0.4) is 0 Å². The molecule has 2 atom stereocenters. The number of aryl methyl sites for hydroxylation is 1. The molecule has 0 bridgehead atoms. The Bertz CT molecular complexity index is 449. The fourth-order valence-electron chi connectivity index (χ4n) is 2.63. The van der Waals surface area contributed by atoms with Gasteiger partial charge in [-0.05, 0) is 56.7 Å². The molecule has 0 aliphatic carbocycles. The summed E-state index contributed by atoms with van der Waals surface area (Å²) in [6, 6.07) is 1.99. The number of nitrogens with two attached hydrogens (primary N) is 1. The fraction of sp³-hybridized carbons (Fsp3) is 0.625. The molecule has 0 fully saturated rings. The van der Waals surface area contributed by atoms with Crippen molar-refractivity contribution in [1.82, 2.24) is 0 Å². The second-order valence-electron chi connectivity index (χ2n) is 5.21. The topological polar surface area (TPSA) is 55.5 Å². The van der Waals surface area contributed by atoms with Gasteiger partial charge in [0.2, 0.25) is 0 Å². The molecule has 0 heterocycles. The molecule has 0 aromatic heterocycles. The van der Waals surface area contributed by atoms with E-state index in [4.69, 9.17) is 22.1 Å². The lowest BCUT2D eigenvalue weighted by atomic mass is 9.86. The molecule has 3 N–H and O–H groups in total. The van der Waals surface area contributed by atoms with Crippen LogP contribution < -0.4 is 10.5 Å². The summed E-state index contributed by atoms with van der Waals surface area (Å²) >= 11 is 6.38. The molecular formula is C16H26ClNO2. The van der Waals surface area contributed by atoms with Gasteiger partial charge in [0, 0.05) is 17.1 Å². The molecule has 1 rings (SSSR count). The summed E-state index contributed by atoms with van der Waals surface area (Å²) in [6.45, 7) is 8.97. The molecule has 3 nitrogen and oxygen atoms in total. The van der Waals surface area contributed by atoms with Gasteiger partial charge in [0.15, 0.2) is 0 Å². The average Bonchev–Trinajstić information content (AvgIpc) is 2.43. The van der Waals surface area contributed by atoms with E-state index >= 15 is 0 Å². The normalized spacial score (nSPS) is 14.2. The predicted octanol–water partition coefficient (Wildman–Crippen LogP) is 3.56. The summed E-state index contributed by atoms with van der Waals surface area (Å²) in [5, 5.41) is 10.6. The summed E-state index contributed by atoms with van der Waals surface area (Å²) in [7, 11) is 0. The lowest BCUT2D eigenvalue weighted by molar-refractivity contribution is 0.161. The van der Waals surface area contributed by atoms with E-state index in [2.05, 4.69) is 6.92 Å². The van der Waals surface area contributed by atoms with Gasteiger partial charge < -0.3 is 15.6 Å². The van der Waals surface area contributed by atoms with Gasteiger partial charge in [-0.15, -0.1) is 0 Å². The van der Waals surface area contributed by atoms with Crippen LogP contribution >= 0.6 is 11.6 Å². The fourth-order valence-corrected chi connectivity index (χ4v) is 2.79. The van der Waals surface area contributed by atoms with Gasteiger partial charge in [-0.2, -0.15) is 0 Å².